The Morgan fingerprint density at radius 1 is 0.295 bits per heavy atom. The Bertz CT molecular complexity index is 4750. The summed E-state index contributed by atoms with van der Waals surface area (Å²) in [6.07, 6.45) is 7.69. The van der Waals surface area contributed by atoms with E-state index in [4.69, 9.17) is 0 Å². The van der Waals surface area contributed by atoms with Crippen molar-refractivity contribution < 1.29 is 20.9 Å². The van der Waals surface area contributed by atoms with Crippen LogP contribution in [0.25, 0.3) is 143 Å². The molecular weight excluding hydrogens is 1150 g/mol. The molecule has 0 spiro atoms. The van der Waals surface area contributed by atoms with Crippen LogP contribution in [0, 0.1) is 10.8 Å². The minimum absolute atomic E-state index is 0.0326. The number of allylic oxidation sites excluding steroid dienone is 2. The Labute approximate surface area is 527 Å². The molecule has 0 aliphatic heterocycles. The van der Waals surface area contributed by atoms with Crippen LogP contribution in [-0.2, 0) is 20.9 Å². The molecule has 0 radical (unpaired) electrons. The predicted molar refractivity (Wildman–Crippen MR) is 383 cm³/mol. The van der Waals surface area contributed by atoms with Gasteiger partial charge in [-0.05, 0) is 0 Å². The third-order valence-corrected chi connectivity index (χ3v) is 41.1. The minimum atomic E-state index is -3.17. The van der Waals surface area contributed by atoms with E-state index in [-0.39, 0.29) is 10.8 Å². The Morgan fingerprint density at radius 3 is 0.739 bits per heavy atom. The molecule has 2 unspecified atom stereocenters. The van der Waals surface area contributed by atoms with E-state index < -0.39 is 26.8 Å². The number of hydrogen-bond donors (Lipinski definition) is 0. The van der Waals surface area contributed by atoms with Crippen LogP contribution in [0.15, 0.2) is 254 Å². The monoisotopic (exact) mass is 1220 g/mol. The molecule has 0 heterocycles. The zero-order valence-electron chi connectivity index (χ0n) is 51.9. The van der Waals surface area contributed by atoms with Gasteiger partial charge in [-0.2, -0.15) is 0 Å². The maximum absolute atomic E-state index is 3.17. The van der Waals surface area contributed by atoms with E-state index in [2.05, 4.69) is 309 Å². The summed E-state index contributed by atoms with van der Waals surface area (Å²) in [6.45, 7) is 20.6. The van der Waals surface area contributed by atoms with E-state index in [0.29, 0.717) is 7.25 Å². The quantitative estimate of drug-likeness (QED) is 0.0998. The average molecular weight is 1230 g/mol. The summed E-state index contributed by atoms with van der Waals surface area (Å²) in [5.74, 6) is -1.57. The number of benzene rings is 14. The SMILES string of the molecule is C[SiH](C)[Zr]([CH]1C(CC(C)(C)C)=Cc2c(-c3c4ccccc4cc4ccccc34)ccc(-c3c4ccccc4cc4ccccc34)c21)[CH]1C(CC(C)(C)C)=Cc2c(-c3c4ccccc4cc4ccccc34)ccc(-c3c4ccccc4cc4ccccc34)c21. The standard InChI is InChI=1S/2C42H33.C2H7Si.Zr/c2*1-42(2,3)26-27-22-38-36(40-32-16-8-4-12-28(32)24-29-13-5-9-17-33(29)40)20-21-37(39(38)23-27)41-34-18-10-6-14-30(34)25-31-15-7-11-19-35(31)41;1-3-2;/h2*4-25H,26H2,1-3H3;3H,1-2H3;. The van der Waals surface area contributed by atoms with Crippen molar-refractivity contribution in [2.75, 3.05) is 0 Å². The van der Waals surface area contributed by atoms with E-state index in [1.807, 2.05) is 0 Å². The first-order valence-corrected chi connectivity index (χ1v) is 42.0. The molecule has 16 rings (SSSR count). The Hall–Kier alpha value is -8.26. The summed E-state index contributed by atoms with van der Waals surface area (Å²) in [5, 5.41) is 20.9. The first-order chi connectivity index (χ1) is 42.7. The van der Waals surface area contributed by atoms with Gasteiger partial charge in [0.1, 0.15) is 0 Å². The average Bonchev–Trinajstić information content (AvgIpc) is 1.79. The molecule has 14 aromatic rings. The van der Waals surface area contributed by atoms with Crippen LogP contribution in [0.3, 0.4) is 0 Å². The van der Waals surface area contributed by atoms with E-state index in [9.17, 15) is 0 Å². The summed E-state index contributed by atoms with van der Waals surface area (Å²) in [5.41, 5.74) is 20.5. The van der Waals surface area contributed by atoms with Crippen molar-refractivity contribution in [3.05, 3.63) is 276 Å². The van der Waals surface area contributed by atoms with Gasteiger partial charge in [0.15, 0.2) is 0 Å². The van der Waals surface area contributed by atoms with Gasteiger partial charge in [0.2, 0.25) is 0 Å². The molecular formula is C86H73SiZr. The van der Waals surface area contributed by atoms with Crippen molar-refractivity contribution in [2.24, 2.45) is 10.8 Å². The number of hydrogen-bond acceptors (Lipinski definition) is 0. The van der Waals surface area contributed by atoms with Crippen LogP contribution in [-0.4, -0.2) is 5.92 Å². The first-order valence-electron chi connectivity index (χ1n) is 32.0. The maximum atomic E-state index is 2.81. The molecule has 88 heavy (non-hydrogen) atoms. The number of rotatable bonds is 9. The van der Waals surface area contributed by atoms with Crippen LogP contribution in [0.5, 0.6) is 0 Å². The van der Waals surface area contributed by atoms with Crippen molar-refractivity contribution in [3.8, 4) is 44.5 Å². The molecule has 0 N–H and O–H groups in total. The third kappa shape index (κ3) is 9.15. The Kier molecular flexibility index (Phi) is 13.3. The fraction of sp³-hybridized carbons (Fsp3) is 0.163. The molecule has 0 nitrogen and oxygen atoms in total. The van der Waals surface area contributed by atoms with Crippen molar-refractivity contribution in [3.63, 3.8) is 0 Å². The summed E-state index contributed by atoms with van der Waals surface area (Å²) in [6, 6.07) is 93.8. The molecule has 0 saturated carbocycles. The second-order valence-corrected chi connectivity index (χ2v) is 48.3. The van der Waals surface area contributed by atoms with Gasteiger partial charge in [0.25, 0.3) is 0 Å². The molecule has 0 amide bonds. The molecule has 14 aromatic carbocycles. The third-order valence-electron chi connectivity index (χ3n) is 19.5. The van der Waals surface area contributed by atoms with Gasteiger partial charge in [-0.3, -0.25) is 0 Å². The van der Waals surface area contributed by atoms with Crippen molar-refractivity contribution >= 4 is 104 Å². The van der Waals surface area contributed by atoms with E-state index >= 15 is 0 Å². The van der Waals surface area contributed by atoms with Crippen molar-refractivity contribution in [2.45, 2.75) is 74.7 Å². The van der Waals surface area contributed by atoms with Crippen LogP contribution in [0.2, 0.25) is 13.1 Å². The zero-order valence-corrected chi connectivity index (χ0v) is 55.5. The number of fused-ring (bicyclic) bond motifs is 10. The van der Waals surface area contributed by atoms with Crippen LogP contribution in [0.4, 0.5) is 0 Å². The summed E-state index contributed by atoms with van der Waals surface area (Å²) < 4.78 is 0.603. The predicted octanol–water partition coefficient (Wildman–Crippen LogP) is 24.6. The van der Waals surface area contributed by atoms with Gasteiger partial charge in [-0.25, -0.2) is 0 Å². The molecule has 2 atom stereocenters. The van der Waals surface area contributed by atoms with Gasteiger partial charge in [0.05, 0.1) is 0 Å². The van der Waals surface area contributed by atoms with E-state index in [0.717, 1.165) is 12.8 Å². The van der Waals surface area contributed by atoms with Gasteiger partial charge in [0, 0.05) is 0 Å². The Balaban J connectivity index is 1.07. The van der Waals surface area contributed by atoms with Crippen molar-refractivity contribution in [1.82, 2.24) is 0 Å². The normalized spacial score (nSPS) is 15.1. The molecule has 2 heteroatoms. The molecule has 2 aliphatic carbocycles. The van der Waals surface area contributed by atoms with Gasteiger partial charge >= 0.3 is 531 Å². The van der Waals surface area contributed by atoms with E-state index in [1.54, 1.807) is 22.3 Å². The fourth-order valence-corrected chi connectivity index (χ4v) is 39.0. The molecule has 0 aromatic heterocycles. The van der Waals surface area contributed by atoms with Crippen molar-refractivity contribution in [1.29, 1.82) is 0 Å². The van der Waals surface area contributed by atoms with Crippen LogP contribution < -0.4 is 0 Å². The molecule has 0 saturated heterocycles. The molecule has 2 aliphatic rings. The summed E-state index contributed by atoms with van der Waals surface area (Å²) >= 11 is -3.17. The van der Waals surface area contributed by atoms with Crippen LogP contribution >= 0.6 is 0 Å². The van der Waals surface area contributed by atoms with Gasteiger partial charge in [-0.15, -0.1) is 0 Å². The first kappa shape index (κ1) is 55.1. The second kappa shape index (κ2) is 21.2. The second-order valence-electron chi connectivity index (χ2n) is 28.2. The summed E-state index contributed by atoms with van der Waals surface area (Å²) in [4.78, 5) is 0. The molecule has 425 valence electrons. The topological polar surface area (TPSA) is 0 Å². The van der Waals surface area contributed by atoms with Gasteiger partial charge < -0.3 is 0 Å². The summed E-state index contributed by atoms with van der Waals surface area (Å²) in [7, 11) is 0. The van der Waals surface area contributed by atoms with E-state index in [1.165, 1.54) is 142 Å². The van der Waals surface area contributed by atoms with Gasteiger partial charge in [-0.1, -0.05) is 0 Å². The molecule has 0 fully saturated rings. The Morgan fingerprint density at radius 2 is 0.511 bits per heavy atom. The van der Waals surface area contributed by atoms with Crippen LogP contribution in [0.1, 0.15) is 83.9 Å². The zero-order chi connectivity index (χ0) is 59.7. The fourth-order valence-electron chi connectivity index (χ4n) is 16.3. The molecule has 0 bridgehead atoms.